The van der Waals surface area contributed by atoms with Gasteiger partial charge in [0.1, 0.15) is 12.2 Å². The maximum atomic E-state index is 4.46. The summed E-state index contributed by atoms with van der Waals surface area (Å²) < 4.78 is 0. The van der Waals surface area contributed by atoms with Gasteiger partial charge in [0.05, 0.1) is 33.1 Å². The molecule has 7 heterocycles. The molecule has 12 rings (SSSR count). The molecular weight excluding hydrogens is 1150 g/mol. The van der Waals surface area contributed by atoms with Gasteiger partial charge in [0.25, 0.3) is 0 Å². The number of rotatable bonds is 1. The van der Waals surface area contributed by atoms with Crippen LogP contribution in [0.25, 0.3) is 65.7 Å². The van der Waals surface area contributed by atoms with Gasteiger partial charge < -0.3 is 4.98 Å². The van der Waals surface area contributed by atoms with Crippen LogP contribution >= 0.6 is 0 Å². The average Bonchev–Trinajstić information content (AvgIpc) is 1.71. The smallest absolute Gasteiger partial charge is 0.159 e. The Morgan fingerprint density at radius 3 is 0.968 bits per heavy atom. The molecule has 0 aliphatic heterocycles. The lowest BCUT2D eigenvalue weighted by Crippen LogP contribution is -1.88. The third-order valence-electron chi connectivity index (χ3n) is 9.18. The van der Waals surface area contributed by atoms with Crippen molar-refractivity contribution in [1.29, 1.82) is 0 Å². The van der Waals surface area contributed by atoms with Crippen LogP contribution in [0.1, 0.15) is 213 Å². The summed E-state index contributed by atoms with van der Waals surface area (Å²) in [7, 11) is 0. The molecule has 0 radical (unpaired) electrons. The molecule has 5 aromatic carbocycles. The molecule has 7 aromatic heterocycles. The molecule has 94 heavy (non-hydrogen) atoms. The summed E-state index contributed by atoms with van der Waals surface area (Å²) >= 11 is 0. The van der Waals surface area contributed by atoms with E-state index in [1.54, 1.807) is 31.1 Å². The van der Waals surface area contributed by atoms with E-state index < -0.39 is 0 Å². The topological polar surface area (TPSA) is 132 Å². The fourth-order valence-corrected chi connectivity index (χ4v) is 6.03. The molecule has 1 N–H and O–H groups in total. The highest BCUT2D eigenvalue weighted by atomic mass is 14.9. The number of H-pyrrole nitrogens is 1. The maximum Gasteiger partial charge on any atom is 0.159 e. The van der Waals surface area contributed by atoms with Gasteiger partial charge in [-0.25, -0.2) is 24.9 Å². The van der Waals surface area contributed by atoms with E-state index in [0.29, 0.717) is 5.92 Å². The number of aromatic nitrogens is 10. The standard InChI is InChI=1S/C10H12N2.2C9H7N.3C8H6N2.5C4H10.6C2H6/c1-7(2)10-11-8-5-3-4-6-9(8)12-10;1-2-6-9-8(4-1)5-3-7-10-9;1-2-4-9-7-10-6-5-8(9)3-1;1-3-7-4-2-6-10-8(7)9-5-1;1-2-4-8-7(3-1)5-9-6-10-8;1-2-4-8-7(3-1)9-5-6-10-8;5*1-4(2)3;6*1-2/h3-7H,1-2H3,(H,11,12);2*1-7H;3*1-6H;5*4H,1-3H3;6*1-2H3. The highest BCUT2D eigenvalue weighted by molar-refractivity contribution is 5.81. The first-order valence-corrected chi connectivity index (χ1v) is 34.8. The van der Waals surface area contributed by atoms with Crippen molar-refractivity contribution in [2.24, 2.45) is 29.6 Å². The summed E-state index contributed by atoms with van der Waals surface area (Å²) in [4.78, 5) is 40.3. The molecule has 0 bridgehead atoms. The second kappa shape index (κ2) is 66.1. The number of fused-ring (bicyclic) bond motifs is 6. The zero-order chi connectivity index (χ0) is 72.5. The normalized spacial score (nSPS) is 9.05. The number of aromatic amines is 1. The van der Waals surface area contributed by atoms with Crippen LogP contribution in [0, 0.1) is 29.6 Å². The minimum Gasteiger partial charge on any atom is -0.342 e. The monoisotopic (exact) mass is 1280 g/mol. The summed E-state index contributed by atoms with van der Waals surface area (Å²) in [6.45, 7) is 60.8. The number of nitrogens with one attached hydrogen (secondary N) is 1. The summed E-state index contributed by atoms with van der Waals surface area (Å²) in [6, 6.07) is 53.9. The van der Waals surface area contributed by atoms with Gasteiger partial charge in [-0.3, -0.25) is 19.9 Å². The van der Waals surface area contributed by atoms with Crippen LogP contribution in [-0.2, 0) is 0 Å². The largest absolute Gasteiger partial charge is 0.342 e. The van der Waals surface area contributed by atoms with Crippen molar-refractivity contribution >= 4 is 65.7 Å². The van der Waals surface area contributed by atoms with E-state index in [0.717, 1.165) is 84.9 Å². The number of pyridine rings is 4. The zero-order valence-electron chi connectivity index (χ0n) is 64.3. The fraction of sp³-hybridized carbons (Fsp3) is 0.417. The second-order valence-corrected chi connectivity index (χ2v) is 22.6. The number of benzene rings is 5. The van der Waals surface area contributed by atoms with E-state index in [-0.39, 0.29) is 0 Å². The van der Waals surface area contributed by atoms with E-state index in [1.807, 2.05) is 247 Å². The van der Waals surface area contributed by atoms with Gasteiger partial charge in [0.2, 0.25) is 0 Å². The third-order valence-corrected chi connectivity index (χ3v) is 9.18. The highest BCUT2D eigenvalue weighted by Gasteiger charge is 2.04. The molecular formula is C84H130N10. The molecule has 10 nitrogen and oxygen atoms in total. The Bertz CT molecular complexity index is 2680. The first-order valence-electron chi connectivity index (χ1n) is 34.8. The molecule has 12 aromatic rings. The summed E-state index contributed by atoms with van der Waals surface area (Å²) in [5.74, 6) is 5.70. The minimum absolute atomic E-state index is 0.470. The number of nitrogens with zero attached hydrogens (tertiary/aromatic N) is 9. The molecule has 0 spiro atoms. The van der Waals surface area contributed by atoms with Crippen molar-refractivity contribution < 1.29 is 0 Å². The Labute approximate surface area is 574 Å². The lowest BCUT2D eigenvalue weighted by Gasteiger charge is -1.95. The van der Waals surface area contributed by atoms with Gasteiger partial charge in [-0.2, -0.15) is 0 Å². The molecule has 0 unspecified atom stereocenters. The van der Waals surface area contributed by atoms with Crippen LogP contribution in [0.3, 0.4) is 0 Å². The number of hydrogen-bond donors (Lipinski definition) is 1. The predicted octanol–water partition coefficient (Wildman–Crippen LogP) is 26.5. The van der Waals surface area contributed by atoms with Crippen LogP contribution < -0.4 is 0 Å². The van der Waals surface area contributed by atoms with Crippen LogP contribution in [0.2, 0.25) is 0 Å². The molecule has 0 atom stereocenters. The first-order chi connectivity index (χ1) is 45.3. The lowest BCUT2D eigenvalue weighted by molar-refractivity contribution is 0.736. The van der Waals surface area contributed by atoms with Crippen molar-refractivity contribution in [3.63, 3.8) is 0 Å². The van der Waals surface area contributed by atoms with E-state index in [2.05, 4.69) is 192 Å². The Morgan fingerprint density at radius 1 is 0.255 bits per heavy atom. The number of para-hydroxylation sites is 6. The van der Waals surface area contributed by atoms with Gasteiger partial charge in [0.15, 0.2) is 5.65 Å². The lowest BCUT2D eigenvalue weighted by atomic mass is 10.2. The van der Waals surface area contributed by atoms with E-state index >= 15 is 0 Å². The van der Waals surface area contributed by atoms with Gasteiger partial charge in [-0.05, 0) is 113 Å². The predicted molar refractivity (Wildman–Crippen MR) is 423 cm³/mol. The molecule has 0 amide bonds. The quantitative estimate of drug-likeness (QED) is 0.171. The third kappa shape index (κ3) is 52.2. The van der Waals surface area contributed by atoms with Crippen molar-refractivity contribution in [3.05, 3.63) is 226 Å². The first kappa shape index (κ1) is 94.3. The molecule has 516 valence electrons. The van der Waals surface area contributed by atoms with Gasteiger partial charge in [-0.15, -0.1) is 0 Å². The Kier molecular flexibility index (Phi) is 66.3. The molecule has 0 saturated carbocycles. The molecule has 0 aliphatic carbocycles. The second-order valence-electron chi connectivity index (χ2n) is 22.6. The number of imidazole rings is 1. The van der Waals surface area contributed by atoms with Crippen molar-refractivity contribution in [2.75, 3.05) is 0 Å². The summed E-state index contributed by atoms with van der Waals surface area (Å²) in [5, 5.41) is 5.82. The Morgan fingerprint density at radius 2 is 0.574 bits per heavy atom. The minimum atomic E-state index is 0.470. The van der Waals surface area contributed by atoms with Crippen LogP contribution in [0.4, 0.5) is 0 Å². The molecule has 0 aliphatic rings. The Hall–Kier alpha value is -8.37. The molecule has 0 saturated heterocycles. The maximum absolute atomic E-state index is 4.46. The highest BCUT2D eigenvalue weighted by Crippen LogP contribution is 2.16. The van der Waals surface area contributed by atoms with Gasteiger partial charge in [-0.1, -0.05) is 292 Å². The van der Waals surface area contributed by atoms with E-state index in [4.69, 9.17) is 0 Å². The van der Waals surface area contributed by atoms with Gasteiger partial charge in [0, 0.05) is 71.7 Å². The Balaban J connectivity index is -0.000000310. The molecule has 10 heteroatoms. The zero-order valence-corrected chi connectivity index (χ0v) is 64.3. The van der Waals surface area contributed by atoms with Crippen molar-refractivity contribution in [3.8, 4) is 0 Å². The summed E-state index contributed by atoms with van der Waals surface area (Å²) in [5.41, 5.74) is 6.95. The van der Waals surface area contributed by atoms with E-state index in [1.165, 1.54) is 16.2 Å². The number of hydrogen-bond acceptors (Lipinski definition) is 9. The summed E-state index contributed by atoms with van der Waals surface area (Å²) in [6.07, 6.45) is 15.7. The average molecular weight is 1280 g/mol. The van der Waals surface area contributed by atoms with Crippen molar-refractivity contribution in [1.82, 2.24) is 49.8 Å². The van der Waals surface area contributed by atoms with Gasteiger partial charge >= 0.3 is 0 Å². The van der Waals surface area contributed by atoms with Crippen LogP contribution in [-0.4, -0.2) is 49.8 Å². The van der Waals surface area contributed by atoms with E-state index in [9.17, 15) is 0 Å². The fourth-order valence-electron chi connectivity index (χ4n) is 6.03. The van der Waals surface area contributed by atoms with Crippen LogP contribution in [0.15, 0.2) is 220 Å². The van der Waals surface area contributed by atoms with Crippen LogP contribution in [0.5, 0.6) is 0 Å². The molecule has 0 fully saturated rings. The van der Waals surface area contributed by atoms with Crippen molar-refractivity contribution in [2.45, 2.75) is 207 Å². The SMILES string of the molecule is CC.CC.CC.CC.CC.CC.CC(C)C.CC(C)C.CC(C)C.CC(C)C.CC(C)C.CC(C)c1nc2ccccc2[nH]1.c1ccc2cnccc2c1.c1ccc2ncccc2c1.c1ccc2nccnc2c1.c1ccc2ncncc2c1.c1cnc2ncccc2c1.